The summed E-state index contributed by atoms with van der Waals surface area (Å²) >= 11 is 0. The number of anilines is 1. The van der Waals surface area contributed by atoms with Crippen LogP contribution in [0.1, 0.15) is 50.2 Å². The molecule has 1 aromatic heterocycles. The summed E-state index contributed by atoms with van der Waals surface area (Å²) in [6, 6.07) is 5.82. The molecule has 0 atom stereocenters. The number of carbonyl (C=O) groups excluding carboxylic acids is 3. The van der Waals surface area contributed by atoms with Gasteiger partial charge in [0.25, 0.3) is 0 Å². The molecule has 0 unspecified atom stereocenters. The molecule has 2 N–H and O–H groups in total. The minimum Gasteiger partial charge on any atom is -0.462 e. The number of aromatic amines is 1. The number of ketones is 1. The zero-order valence-corrected chi connectivity index (χ0v) is 17.9. The summed E-state index contributed by atoms with van der Waals surface area (Å²) in [6.45, 7) is 9.45. The van der Waals surface area contributed by atoms with E-state index in [0.29, 0.717) is 22.5 Å². The van der Waals surface area contributed by atoms with Crippen LogP contribution in [0.4, 0.5) is 5.69 Å². The molecule has 1 aromatic carbocycles. The van der Waals surface area contributed by atoms with E-state index in [0.717, 1.165) is 16.8 Å². The maximum atomic E-state index is 12.7. The number of benzene rings is 1. The number of aryl methyl sites for hydroxylation is 3. The molecule has 7 heteroatoms. The quantitative estimate of drug-likeness (QED) is 0.525. The lowest BCUT2D eigenvalue weighted by Crippen LogP contribution is -2.34. The number of likely N-dealkylation sites (N-methyl/N-ethyl adjacent to an activating group) is 1. The van der Waals surface area contributed by atoms with E-state index in [2.05, 4.69) is 10.3 Å². The topological polar surface area (TPSA) is 91.5 Å². The summed E-state index contributed by atoms with van der Waals surface area (Å²) in [5.41, 5.74) is 4.70. The minimum atomic E-state index is -0.445. The van der Waals surface area contributed by atoms with Crippen LogP contribution in [0.15, 0.2) is 18.2 Å². The van der Waals surface area contributed by atoms with Gasteiger partial charge in [-0.05, 0) is 58.4 Å². The smallest absolute Gasteiger partial charge is 0.340 e. The second kappa shape index (κ2) is 9.52. The Morgan fingerprint density at radius 1 is 1.07 bits per heavy atom. The molecule has 2 aromatic rings. The SMILES string of the molecule is CCOC(=O)c1c(C)[nH]c(C(=O)CN(C)CC(=O)Nc2c(C)cccc2C)c1C. The first kappa shape index (κ1) is 22.4. The summed E-state index contributed by atoms with van der Waals surface area (Å²) in [4.78, 5) is 41.8. The fourth-order valence-corrected chi connectivity index (χ4v) is 3.35. The second-order valence-electron chi connectivity index (χ2n) is 7.26. The average Bonchev–Trinajstić information content (AvgIpc) is 2.93. The normalized spacial score (nSPS) is 10.9. The third kappa shape index (κ3) is 5.32. The number of aromatic nitrogens is 1. The number of para-hydroxylation sites is 1. The van der Waals surface area contributed by atoms with Crippen molar-refractivity contribution in [3.63, 3.8) is 0 Å². The number of hydrogen-bond donors (Lipinski definition) is 2. The predicted octanol–water partition coefficient (Wildman–Crippen LogP) is 3.18. The van der Waals surface area contributed by atoms with Gasteiger partial charge in [-0.15, -0.1) is 0 Å². The highest BCUT2D eigenvalue weighted by molar-refractivity contribution is 6.02. The number of rotatable bonds is 8. The van der Waals surface area contributed by atoms with Crippen molar-refractivity contribution in [2.75, 3.05) is 32.1 Å². The van der Waals surface area contributed by atoms with Crippen LogP contribution in [0.5, 0.6) is 0 Å². The number of amides is 1. The average molecular weight is 399 g/mol. The van der Waals surface area contributed by atoms with Gasteiger partial charge in [0.15, 0.2) is 5.78 Å². The lowest BCUT2D eigenvalue weighted by molar-refractivity contribution is -0.116. The van der Waals surface area contributed by atoms with Gasteiger partial charge in [-0.2, -0.15) is 0 Å². The number of nitrogens with zero attached hydrogens (tertiary/aromatic N) is 1. The van der Waals surface area contributed by atoms with Crippen LogP contribution in [-0.4, -0.2) is 54.3 Å². The van der Waals surface area contributed by atoms with Crippen LogP contribution in [-0.2, 0) is 9.53 Å². The first-order valence-electron chi connectivity index (χ1n) is 9.59. The van der Waals surface area contributed by atoms with Crippen LogP contribution >= 0.6 is 0 Å². The third-order valence-corrected chi connectivity index (χ3v) is 4.77. The Morgan fingerprint density at radius 2 is 1.69 bits per heavy atom. The van der Waals surface area contributed by atoms with Gasteiger partial charge >= 0.3 is 5.97 Å². The molecule has 0 aliphatic heterocycles. The number of ether oxygens (including phenoxy) is 1. The van der Waals surface area contributed by atoms with Crippen molar-refractivity contribution in [2.24, 2.45) is 0 Å². The van der Waals surface area contributed by atoms with Crippen molar-refractivity contribution in [1.29, 1.82) is 0 Å². The molecule has 0 saturated carbocycles. The summed E-state index contributed by atoms with van der Waals surface area (Å²) < 4.78 is 5.06. The Bertz CT molecular complexity index is 910. The Balaban J connectivity index is 2.03. The number of H-pyrrole nitrogens is 1. The molecule has 0 aliphatic carbocycles. The van der Waals surface area contributed by atoms with E-state index in [-0.39, 0.29) is 31.4 Å². The highest BCUT2D eigenvalue weighted by Gasteiger charge is 2.23. The van der Waals surface area contributed by atoms with E-state index in [4.69, 9.17) is 4.74 Å². The van der Waals surface area contributed by atoms with E-state index >= 15 is 0 Å². The van der Waals surface area contributed by atoms with Crippen LogP contribution in [0.2, 0.25) is 0 Å². The van der Waals surface area contributed by atoms with Gasteiger partial charge in [0, 0.05) is 11.4 Å². The van der Waals surface area contributed by atoms with Crippen molar-refractivity contribution >= 4 is 23.3 Å². The van der Waals surface area contributed by atoms with E-state index in [9.17, 15) is 14.4 Å². The molecule has 0 radical (unpaired) electrons. The Labute approximate surface area is 171 Å². The van der Waals surface area contributed by atoms with Crippen LogP contribution < -0.4 is 5.32 Å². The van der Waals surface area contributed by atoms with Crippen molar-refractivity contribution in [1.82, 2.24) is 9.88 Å². The number of hydrogen-bond acceptors (Lipinski definition) is 5. The number of nitrogens with one attached hydrogen (secondary N) is 2. The van der Waals surface area contributed by atoms with Crippen molar-refractivity contribution < 1.29 is 19.1 Å². The number of carbonyl (C=O) groups is 3. The maximum absolute atomic E-state index is 12.7. The van der Waals surface area contributed by atoms with Crippen molar-refractivity contribution in [2.45, 2.75) is 34.6 Å². The molecule has 0 spiro atoms. The monoisotopic (exact) mass is 399 g/mol. The van der Waals surface area contributed by atoms with Gasteiger partial charge in [0.2, 0.25) is 5.91 Å². The zero-order valence-electron chi connectivity index (χ0n) is 17.9. The fourth-order valence-electron chi connectivity index (χ4n) is 3.35. The molecule has 2 rings (SSSR count). The molecular formula is C22H29N3O4. The van der Waals surface area contributed by atoms with Crippen LogP contribution in [0.3, 0.4) is 0 Å². The second-order valence-corrected chi connectivity index (χ2v) is 7.26. The summed E-state index contributed by atoms with van der Waals surface area (Å²) in [7, 11) is 1.71. The maximum Gasteiger partial charge on any atom is 0.340 e. The number of esters is 1. The highest BCUT2D eigenvalue weighted by atomic mass is 16.5. The largest absolute Gasteiger partial charge is 0.462 e. The minimum absolute atomic E-state index is 0.0449. The lowest BCUT2D eigenvalue weighted by atomic mass is 10.1. The van der Waals surface area contributed by atoms with Crippen molar-refractivity contribution in [3.05, 3.63) is 51.8 Å². The van der Waals surface area contributed by atoms with Gasteiger partial charge < -0.3 is 15.0 Å². The Hall–Kier alpha value is -2.93. The molecule has 0 saturated heterocycles. The first-order chi connectivity index (χ1) is 13.6. The van der Waals surface area contributed by atoms with Crippen LogP contribution in [0.25, 0.3) is 0 Å². The van der Waals surface area contributed by atoms with E-state index in [1.165, 1.54) is 0 Å². The van der Waals surface area contributed by atoms with Crippen molar-refractivity contribution in [3.8, 4) is 0 Å². The lowest BCUT2D eigenvalue weighted by Gasteiger charge is -2.17. The molecule has 29 heavy (non-hydrogen) atoms. The summed E-state index contributed by atoms with van der Waals surface area (Å²) in [5, 5.41) is 2.92. The summed E-state index contributed by atoms with van der Waals surface area (Å²) in [6.07, 6.45) is 0. The molecule has 1 heterocycles. The fraction of sp³-hybridized carbons (Fsp3) is 0.409. The Kier molecular flexibility index (Phi) is 7.34. The molecule has 1 amide bonds. The van der Waals surface area contributed by atoms with Gasteiger partial charge in [0.1, 0.15) is 0 Å². The molecule has 0 fully saturated rings. The highest BCUT2D eigenvalue weighted by Crippen LogP contribution is 2.21. The molecule has 0 bridgehead atoms. The molecule has 0 aliphatic rings. The zero-order chi connectivity index (χ0) is 21.7. The molecular weight excluding hydrogens is 370 g/mol. The number of Topliss-reactive ketones (excluding diaryl/α,β-unsaturated/α-hetero) is 1. The van der Waals surface area contributed by atoms with E-state index in [1.807, 2.05) is 32.0 Å². The van der Waals surface area contributed by atoms with E-state index < -0.39 is 5.97 Å². The summed E-state index contributed by atoms with van der Waals surface area (Å²) in [5.74, 6) is -0.827. The first-order valence-corrected chi connectivity index (χ1v) is 9.59. The van der Waals surface area contributed by atoms with Gasteiger partial charge in [-0.25, -0.2) is 4.79 Å². The standard InChI is InChI=1S/C22H29N3O4/c1-7-29-22(28)19-15(4)21(23-16(19)5)17(26)11-25(6)12-18(27)24-20-13(2)9-8-10-14(20)3/h8-10,23H,7,11-12H2,1-6H3,(H,24,27). The Morgan fingerprint density at radius 3 is 2.28 bits per heavy atom. The van der Waals surface area contributed by atoms with Gasteiger partial charge in [0.05, 0.1) is 31.0 Å². The predicted molar refractivity (Wildman–Crippen MR) is 113 cm³/mol. The van der Waals surface area contributed by atoms with Crippen LogP contribution in [0, 0.1) is 27.7 Å². The molecule has 7 nitrogen and oxygen atoms in total. The molecule has 156 valence electrons. The van der Waals surface area contributed by atoms with E-state index in [1.54, 1.807) is 32.7 Å². The van der Waals surface area contributed by atoms with Gasteiger partial charge in [-0.1, -0.05) is 18.2 Å². The van der Waals surface area contributed by atoms with Gasteiger partial charge in [-0.3, -0.25) is 14.5 Å². The third-order valence-electron chi connectivity index (χ3n) is 4.77.